The molecule has 0 aromatic rings. The smallest absolute Gasteiger partial charge is 0.255 e. The molecule has 0 spiro atoms. The molecule has 6 nitrogen and oxygen atoms in total. The van der Waals surface area contributed by atoms with Crippen LogP contribution in [0.25, 0.3) is 0 Å². The molecule has 6 heteroatoms. The SMILES string of the molecule is CC(C)N1C=NC(C)(C)C1=O.CC(C)N1C=NC(C)(C)C1=O. The molecule has 2 amide bonds. The fourth-order valence-electron chi connectivity index (χ4n) is 2.00. The van der Waals surface area contributed by atoms with Crippen LogP contribution in [0.15, 0.2) is 9.98 Å². The van der Waals surface area contributed by atoms with Gasteiger partial charge in [0.2, 0.25) is 0 Å². The van der Waals surface area contributed by atoms with Crippen LogP contribution in [0.4, 0.5) is 0 Å². The molecule has 2 heterocycles. The van der Waals surface area contributed by atoms with Crippen molar-refractivity contribution >= 4 is 24.5 Å². The Labute approximate surface area is 133 Å². The molecule has 0 bridgehead atoms. The monoisotopic (exact) mass is 308 g/mol. The highest BCUT2D eigenvalue weighted by Crippen LogP contribution is 2.20. The maximum Gasteiger partial charge on any atom is 0.255 e. The molecule has 0 unspecified atom stereocenters. The average Bonchev–Trinajstić information content (AvgIpc) is 2.79. The third-order valence-electron chi connectivity index (χ3n) is 3.64. The van der Waals surface area contributed by atoms with E-state index in [0.29, 0.717) is 0 Å². The number of rotatable bonds is 2. The lowest BCUT2D eigenvalue weighted by Crippen LogP contribution is -2.40. The largest absolute Gasteiger partial charge is 0.299 e. The first-order valence-electron chi connectivity index (χ1n) is 7.66. The van der Waals surface area contributed by atoms with Crippen LogP contribution in [0.2, 0.25) is 0 Å². The third-order valence-corrected chi connectivity index (χ3v) is 3.64. The molecular weight excluding hydrogens is 280 g/mol. The first kappa shape index (κ1) is 18.3. The lowest BCUT2D eigenvalue weighted by atomic mass is 10.1. The van der Waals surface area contributed by atoms with Crippen molar-refractivity contribution in [1.82, 2.24) is 9.80 Å². The van der Waals surface area contributed by atoms with E-state index in [1.165, 1.54) is 0 Å². The lowest BCUT2D eigenvalue weighted by molar-refractivity contribution is -0.131. The summed E-state index contributed by atoms with van der Waals surface area (Å²) >= 11 is 0. The zero-order valence-corrected chi connectivity index (χ0v) is 14.9. The van der Waals surface area contributed by atoms with Gasteiger partial charge in [-0.2, -0.15) is 0 Å². The van der Waals surface area contributed by atoms with Gasteiger partial charge in [-0.3, -0.25) is 29.4 Å². The van der Waals surface area contributed by atoms with Crippen molar-refractivity contribution in [3.05, 3.63) is 0 Å². The van der Waals surface area contributed by atoms with Crippen molar-refractivity contribution in [2.75, 3.05) is 0 Å². The van der Waals surface area contributed by atoms with Crippen molar-refractivity contribution < 1.29 is 9.59 Å². The lowest BCUT2D eigenvalue weighted by Gasteiger charge is -2.20. The van der Waals surface area contributed by atoms with E-state index in [1.807, 2.05) is 55.4 Å². The molecule has 0 saturated heterocycles. The standard InChI is InChI=1S/2C8H14N2O/c2*1-6(2)10-5-9-8(3,4)7(10)11/h2*5-6H,1-4H3. The molecule has 124 valence electrons. The molecule has 0 atom stereocenters. The van der Waals surface area contributed by atoms with Crippen LogP contribution >= 0.6 is 0 Å². The minimum absolute atomic E-state index is 0.0903. The van der Waals surface area contributed by atoms with Crippen LogP contribution < -0.4 is 0 Å². The van der Waals surface area contributed by atoms with Gasteiger partial charge in [0.05, 0.1) is 12.7 Å². The molecule has 0 aliphatic carbocycles. The number of aliphatic imine (C=N–C) groups is 2. The third kappa shape index (κ3) is 3.72. The van der Waals surface area contributed by atoms with Crippen molar-refractivity contribution in [3.63, 3.8) is 0 Å². The second-order valence-electron chi connectivity index (χ2n) is 7.22. The van der Waals surface area contributed by atoms with Crippen molar-refractivity contribution in [1.29, 1.82) is 0 Å². The quantitative estimate of drug-likeness (QED) is 0.784. The average molecular weight is 308 g/mol. The van der Waals surface area contributed by atoms with Gasteiger partial charge in [0.25, 0.3) is 11.8 Å². The fourth-order valence-corrected chi connectivity index (χ4v) is 2.00. The number of carbonyl (C=O) groups is 2. The van der Waals surface area contributed by atoms with Gasteiger partial charge in [0.15, 0.2) is 0 Å². The fraction of sp³-hybridized carbons (Fsp3) is 0.750. The summed E-state index contributed by atoms with van der Waals surface area (Å²) in [6, 6.07) is 0.432. The van der Waals surface area contributed by atoms with Crippen molar-refractivity contribution in [2.45, 2.75) is 78.6 Å². The number of amides is 2. The Morgan fingerprint density at radius 1 is 0.773 bits per heavy atom. The highest BCUT2D eigenvalue weighted by Gasteiger charge is 2.37. The van der Waals surface area contributed by atoms with Crippen molar-refractivity contribution in [3.8, 4) is 0 Å². The molecule has 0 radical (unpaired) electrons. The van der Waals surface area contributed by atoms with Crippen LogP contribution in [0, 0.1) is 0 Å². The molecule has 2 aliphatic rings. The van der Waals surface area contributed by atoms with Crippen LogP contribution in [0.5, 0.6) is 0 Å². The summed E-state index contributed by atoms with van der Waals surface area (Å²) in [6.45, 7) is 15.2. The highest BCUT2D eigenvalue weighted by atomic mass is 16.2. The predicted octanol–water partition coefficient (Wildman–Crippen LogP) is 2.09. The summed E-state index contributed by atoms with van der Waals surface area (Å²) in [4.78, 5) is 34.5. The van der Waals surface area contributed by atoms with Gasteiger partial charge in [-0.05, 0) is 55.4 Å². The van der Waals surface area contributed by atoms with Gasteiger partial charge in [-0.1, -0.05) is 0 Å². The van der Waals surface area contributed by atoms with E-state index in [4.69, 9.17) is 0 Å². The second kappa shape index (κ2) is 6.18. The summed E-state index contributed by atoms with van der Waals surface area (Å²) < 4.78 is 0. The number of hydrogen-bond acceptors (Lipinski definition) is 4. The topological polar surface area (TPSA) is 65.3 Å². The Morgan fingerprint density at radius 3 is 1.14 bits per heavy atom. The molecule has 0 fully saturated rings. The first-order chi connectivity index (χ1) is 9.90. The van der Waals surface area contributed by atoms with E-state index in [1.54, 1.807) is 22.5 Å². The highest BCUT2D eigenvalue weighted by molar-refractivity contribution is 6.00. The van der Waals surface area contributed by atoms with Gasteiger partial charge >= 0.3 is 0 Å². The Balaban J connectivity index is 0.000000220. The molecule has 0 aromatic heterocycles. The number of carbonyl (C=O) groups excluding carboxylic acids is 2. The molecule has 0 aromatic carbocycles. The van der Waals surface area contributed by atoms with Crippen LogP contribution in [0.3, 0.4) is 0 Å². The second-order valence-corrected chi connectivity index (χ2v) is 7.22. The minimum Gasteiger partial charge on any atom is -0.299 e. The number of hydrogen-bond donors (Lipinski definition) is 0. The molecule has 2 aliphatic heterocycles. The molecule has 22 heavy (non-hydrogen) atoms. The van der Waals surface area contributed by atoms with Crippen LogP contribution in [-0.2, 0) is 9.59 Å². The molecule has 2 rings (SSSR count). The van der Waals surface area contributed by atoms with E-state index in [9.17, 15) is 9.59 Å². The molecular formula is C16H28N4O2. The van der Waals surface area contributed by atoms with Gasteiger partial charge in [0, 0.05) is 12.1 Å². The van der Waals surface area contributed by atoms with Crippen molar-refractivity contribution in [2.24, 2.45) is 9.98 Å². The summed E-state index contributed by atoms with van der Waals surface area (Å²) in [5.74, 6) is 0.181. The summed E-state index contributed by atoms with van der Waals surface area (Å²) in [5, 5.41) is 0. The van der Waals surface area contributed by atoms with Gasteiger partial charge in [-0.25, -0.2) is 0 Å². The molecule has 0 N–H and O–H groups in total. The van der Waals surface area contributed by atoms with Gasteiger partial charge in [0.1, 0.15) is 11.1 Å². The van der Waals surface area contributed by atoms with Gasteiger partial charge < -0.3 is 0 Å². The van der Waals surface area contributed by atoms with E-state index in [-0.39, 0.29) is 23.9 Å². The van der Waals surface area contributed by atoms with E-state index < -0.39 is 11.1 Å². The van der Waals surface area contributed by atoms with Crippen LogP contribution in [-0.4, -0.2) is 57.5 Å². The zero-order chi connectivity index (χ0) is 17.3. The maximum atomic E-state index is 11.5. The Morgan fingerprint density at radius 2 is 1.05 bits per heavy atom. The summed E-state index contributed by atoms with van der Waals surface area (Å²) in [5.41, 5.74) is -1.07. The van der Waals surface area contributed by atoms with E-state index in [0.717, 1.165) is 0 Å². The van der Waals surface area contributed by atoms with Gasteiger partial charge in [-0.15, -0.1) is 0 Å². The Bertz CT molecular complexity index is 458. The maximum absolute atomic E-state index is 11.5. The Kier molecular flexibility index (Phi) is 5.15. The van der Waals surface area contributed by atoms with E-state index in [2.05, 4.69) is 9.98 Å². The Hall–Kier alpha value is -1.72. The van der Waals surface area contributed by atoms with E-state index >= 15 is 0 Å². The summed E-state index contributed by atoms with van der Waals surface area (Å²) in [6.07, 6.45) is 3.26. The normalized spacial score (nSPS) is 21.9. The zero-order valence-electron chi connectivity index (χ0n) is 14.9. The minimum atomic E-state index is -0.537. The molecule has 0 saturated carbocycles. The van der Waals surface area contributed by atoms with Crippen LogP contribution in [0.1, 0.15) is 55.4 Å². The first-order valence-corrected chi connectivity index (χ1v) is 7.66. The summed E-state index contributed by atoms with van der Waals surface area (Å²) in [7, 11) is 0. The number of nitrogens with zero attached hydrogens (tertiary/aromatic N) is 4. The predicted molar refractivity (Wildman–Crippen MR) is 89.1 cm³/mol.